The smallest absolute Gasteiger partial charge is 0.0917 e. The normalized spacial score (nSPS) is 9.00. The van der Waals surface area contributed by atoms with Crippen molar-refractivity contribution in [3.8, 4) is 0 Å². The highest BCUT2D eigenvalue weighted by atomic mass is 35.7. The number of hydrogen-bond acceptors (Lipinski definition) is 0. The van der Waals surface area contributed by atoms with E-state index in [2.05, 4.69) is 10.7 Å². The summed E-state index contributed by atoms with van der Waals surface area (Å²) in [6, 6.07) is 0. The van der Waals surface area contributed by atoms with Crippen LogP contribution in [0.5, 0.6) is 0 Å². The van der Waals surface area contributed by atoms with Gasteiger partial charge in [-0.05, 0) is 0 Å². The minimum Gasteiger partial charge on any atom is 0.0917 e. The Hall–Kier alpha value is 0.500. The van der Waals surface area contributed by atoms with Crippen LogP contribution in [0.2, 0.25) is 0 Å². The molecule has 0 unspecified atom stereocenters. The van der Waals surface area contributed by atoms with Gasteiger partial charge in [0.05, 0.1) is 7.77 Å². The molecule has 0 rings (SSSR count). The number of halogens is 3. The molecular weight excluding hydrogens is 106 g/mol. The summed E-state index contributed by atoms with van der Waals surface area (Å²) in [5.41, 5.74) is 0. The second kappa shape index (κ2) is 1.79. The third kappa shape index (κ3) is 22.5. The third-order valence-corrected chi connectivity index (χ3v) is 0. The van der Waals surface area contributed by atoms with Crippen LogP contribution in [0.3, 0.4) is 0 Å². The molecule has 4 heavy (non-hydrogen) atoms. The standard InChI is InChI=1S/ClF2S/c1-4(2)3/q+1. The summed E-state index contributed by atoms with van der Waals surface area (Å²) in [5, 5.41) is 0. The molecule has 0 saturated heterocycles. The molecule has 0 aliphatic carbocycles. The summed E-state index contributed by atoms with van der Waals surface area (Å²) in [7, 11) is 1.08. The molecule has 0 nitrogen and oxygen atoms in total. The molecule has 0 spiro atoms. The molecule has 0 bridgehead atoms. The van der Waals surface area contributed by atoms with E-state index in [-0.39, 0.29) is 0 Å². The molecule has 0 fully saturated rings. The molecule has 4 heteroatoms. The SMILES string of the molecule is F[S+](F)Cl. The molecule has 0 N–H and O–H groups in total. The van der Waals surface area contributed by atoms with Crippen molar-refractivity contribution >= 4 is 21.6 Å². The first-order valence-electron chi connectivity index (χ1n) is 0.463. The molecule has 0 aromatic rings. The van der Waals surface area contributed by atoms with Gasteiger partial charge in [-0.2, -0.15) is 0 Å². The van der Waals surface area contributed by atoms with Gasteiger partial charge < -0.3 is 0 Å². The highest BCUT2D eigenvalue weighted by Gasteiger charge is 2.09. The molecule has 0 heterocycles. The average molecular weight is 106 g/mol. The van der Waals surface area contributed by atoms with Gasteiger partial charge in [0.25, 0.3) is 10.7 Å². The fraction of sp³-hybridized carbons (Fsp3) is 0. The van der Waals surface area contributed by atoms with Crippen molar-refractivity contribution < 1.29 is 7.77 Å². The van der Waals surface area contributed by atoms with Crippen LogP contribution in [0.15, 0.2) is 0 Å². The molecule has 0 aliphatic heterocycles. The van der Waals surface area contributed by atoms with E-state index in [1.807, 2.05) is 0 Å². The predicted octanol–water partition coefficient (Wildman–Crippen LogP) is 1.53. The fourth-order valence-corrected chi connectivity index (χ4v) is 0. The lowest BCUT2D eigenvalue weighted by Gasteiger charge is -1.40. The van der Waals surface area contributed by atoms with Gasteiger partial charge >= 0.3 is 10.9 Å². The molecule has 0 amide bonds. The van der Waals surface area contributed by atoms with Crippen LogP contribution in [0.1, 0.15) is 0 Å². The first-order valence-corrected chi connectivity index (χ1v) is 2.31. The van der Waals surface area contributed by atoms with E-state index < -0.39 is 10.9 Å². The minimum absolute atomic E-state index is 2.89. The Bertz CT molecular complexity index is 10.8. The van der Waals surface area contributed by atoms with Crippen LogP contribution in [-0.2, 0) is 10.9 Å². The lowest BCUT2D eigenvalue weighted by Crippen LogP contribution is -1.50. The van der Waals surface area contributed by atoms with Gasteiger partial charge in [0.1, 0.15) is 0 Å². The Kier molecular flexibility index (Phi) is 2.01. The largest absolute Gasteiger partial charge is 0.543 e. The topological polar surface area (TPSA) is 0 Å². The Morgan fingerprint density at radius 2 is 1.50 bits per heavy atom. The lowest BCUT2D eigenvalue weighted by molar-refractivity contribution is 0.795. The first-order chi connectivity index (χ1) is 1.73. The first kappa shape index (κ1) is 4.50. The molecule has 26 valence electrons. The molecule has 0 aromatic carbocycles. The maximum absolute atomic E-state index is 10.1. The van der Waals surface area contributed by atoms with E-state index in [4.69, 9.17) is 0 Å². The Balaban J connectivity index is 2.32. The van der Waals surface area contributed by atoms with E-state index in [1.165, 1.54) is 0 Å². The maximum Gasteiger partial charge on any atom is 0.543 e. The van der Waals surface area contributed by atoms with Crippen LogP contribution in [0.25, 0.3) is 0 Å². The molecule has 0 saturated carbocycles. The van der Waals surface area contributed by atoms with Crippen molar-refractivity contribution in [2.45, 2.75) is 0 Å². The van der Waals surface area contributed by atoms with Crippen molar-refractivity contribution in [2.75, 3.05) is 0 Å². The molecule has 0 atom stereocenters. The van der Waals surface area contributed by atoms with Crippen molar-refractivity contribution in [2.24, 2.45) is 0 Å². The van der Waals surface area contributed by atoms with Crippen LogP contribution in [-0.4, -0.2) is 0 Å². The molecule has 0 aromatic heterocycles. The summed E-state index contributed by atoms with van der Waals surface area (Å²) in [6.07, 6.45) is 0. The third-order valence-electron chi connectivity index (χ3n) is 0. The van der Waals surface area contributed by atoms with Crippen molar-refractivity contribution in [3.05, 3.63) is 0 Å². The highest BCUT2D eigenvalue weighted by Crippen LogP contribution is 2.01. The number of rotatable bonds is 0. The van der Waals surface area contributed by atoms with Crippen molar-refractivity contribution in [1.29, 1.82) is 0 Å². The summed E-state index contributed by atoms with van der Waals surface area (Å²) in [5.74, 6) is 0. The van der Waals surface area contributed by atoms with Crippen LogP contribution in [0, 0.1) is 0 Å². The average Bonchev–Trinajstić information content (AvgIpc) is 0.811. The Morgan fingerprint density at radius 1 is 1.50 bits per heavy atom. The second-order valence-corrected chi connectivity index (χ2v) is 1.22. The maximum atomic E-state index is 10.1. The second-order valence-electron chi connectivity index (χ2n) is 0.175. The summed E-state index contributed by atoms with van der Waals surface area (Å²) >= 11 is 0. The zero-order chi connectivity index (χ0) is 3.58. The Labute approximate surface area is 30.2 Å². The zero-order valence-corrected chi connectivity index (χ0v) is 3.11. The van der Waals surface area contributed by atoms with Crippen LogP contribution >= 0.6 is 10.7 Å². The van der Waals surface area contributed by atoms with Gasteiger partial charge in [-0.25, -0.2) is 0 Å². The van der Waals surface area contributed by atoms with Crippen LogP contribution < -0.4 is 0 Å². The lowest BCUT2D eigenvalue weighted by atomic mass is 18.8. The van der Waals surface area contributed by atoms with E-state index in [1.54, 1.807) is 0 Å². The van der Waals surface area contributed by atoms with E-state index in [0.717, 1.165) is 0 Å². The van der Waals surface area contributed by atoms with Gasteiger partial charge in [0.2, 0.25) is 0 Å². The highest BCUT2D eigenvalue weighted by molar-refractivity contribution is 8.10. The summed E-state index contributed by atoms with van der Waals surface area (Å²) in [4.78, 5) is 0. The van der Waals surface area contributed by atoms with Gasteiger partial charge in [-0.1, -0.05) is 0 Å². The Morgan fingerprint density at radius 3 is 1.50 bits per heavy atom. The molecule has 0 aliphatic rings. The van der Waals surface area contributed by atoms with Gasteiger partial charge in [0, 0.05) is 0 Å². The van der Waals surface area contributed by atoms with E-state index in [0.29, 0.717) is 0 Å². The van der Waals surface area contributed by atoms with Gasteiger partial charge in [0.15, 0.2) is 0 Å². The van der Waals surface area contributed by atoms with Crippen LogP contribution in [0.4, 0.5) is 7.77 Å². The predicted molar refractivity (Wildman–Crippen MR) is 15.4 cm³/mol. The zero-order valence-electron chi connectivity index (χ0n) is 1.54. The number of hydrogen-bond donors (Lipinski definition) is 0. The van der Waals surface area contributed by atoms with Gasteiger partial charge in [-0.3, -0.25) is 0 Å². The molecule has 0 radical (unpaired) electrons. The van der Waals surface area contributed by atoms with Crippen molar-refractivity contribution in [1.82, 2.24) is 0 Å². The van der Waals surface area contributed by atoms with Gasteiger partial charge in [-0.15, -0.1) is 0 Å². The fourth-order valence-electron chi connectivity index (χ4n) is 0. The van der Waals surface area contributed by atoms with E-state index >= 15 is 0 Å². The van der Waals surface area contributed by atoms with E-state index in [9.17, 15) is 7.77 Å². The summed E-state index contributed by atoms with van der Waals surface area (Å²) in [6.45, 7) is 0. The monoisotopic (exact) mass is 105 g/mol. The van der Waals surface area contributed by atoms with Crippen molar-refractivity contribution in [3.63, 3.8) is 0 Å². The minimum atomic E-state index is -2.89. The molecular formula is ClF2S+. The summed E-state index contributed by atoms with van der Waals surface area (Å²) < 4.78 is 20.3. The quantitative estimate of drug-likeness (QED) is 0.410.